The molecule has 2 atom stereocenters. The maximum Gasteiger partial charge on any atom is 0.338 e. The molecule has 0 aliphatic rings. The van der Waals surface area contributed by atoms with Gasteiger partial charge >= 0.3 is 5.97 Å². The summed E-state index contributed by atoms with van der Waals surface area (Å²) >= 11 is 0. The van der Waals surface area contributed by atoms with Crippen molar-refractivity contribution < 1.29 is 14.7 Å². The summed E-state index contributed by atoms with van der Waals surface area (Å²) in [6.45, 7) is 4.18. The van der Waals surface area contributed by atoms with Gasteiger partial charge in [-0.15, -0.1) is 0 Å². The van der Waals surface area contributed by atoms with Crippen LogP contribution >= 0.6 is 0 Å². The number of benzene rings is 4. The first-order chi connectivity index (χ1) is 22.4. The van der Waals surface area contributed by atoms with Crippen LogP contribution in [0, 0.1) is 0 Å². The molecule has 0 saturated carbocycles. The van der Waals surface area contributed by atoms with Crippen LogP contribution in [0.25, 0.3) is 43.6 Å². The Morgan fingerprint density at radius 2 is 1.22 bits per heavy atom. The standard InChI is InChI=1S/C39H32N4O3/c1-21(29-18-40-32-9-5-3-7-25(29)32)37-31(20-44)28-17-24(12-14-35(28)42-37)15-23-11-13-33-27(16-23)30(19-41-33)22(2)38-36(39(45)46)26-8-4-6-10-34(26)43-38/h3-14,16-22,40-43H,15H2,1-2H3,(H,45,46). The normalized spacial score (nSPS) is 13.2. The van der Waals surface area contributed by atoms with Gasteiger partial charge in [-0.1, -0.05) is 62.4 Å². The number of H-pyrrole nitrogens is 4. The van der Waals surface area contributed by atoms with Crippen LogP contribution < -0.4 is 0 Å². The van der Waals surface area contributed by atoms with Crippen LogP contribution in [0.4, 0.5) is 0 Å². The number of aromatic carboxylic acids is 1. The summed E-state index contributed by atoms with van der Waals surface area (Å²) < 4.78 is 0. The van der Waals surface area contributed by atoms with Crippen molar-refractivity contribution in [3.63, 3.8) is 0 Å². The second-order valence-electron chi connectivity index (χ2n) is 12.2. The third-order valence-corrected chi connectivity index (χ3v) is 9.61. The Morgan fingerprint density at radius 1 is 0.674 bits per heavy atom. The van der Waals surface area contributed by atoms with Crippen molar-refractivity contribution in [3.8, 4) is 0 Å². The summed E-state index contributed by atoms with van der Waals surface area (Å²) in [7, 11) is 0. The van der Waals surface area contributed by atoms with Gasteiger partial charge in [0.2, 0.25) is 0 Å². The molecule has 8 aromatic rings. The van der Waals surface area contributed by atoms with Gasteiger partial charge in [0.15, 0.2) is 6.29 Å². The Kier molecular flexibility index (Phi) is 6.42. The number of aromatic amines is 4. The zero-order chi connectivity index (χ0) is 31.5. The van der Waals surface area contributed by atoms with E-state index in [4.69, 9.17) is 0 Å². The number of carboxylic acid groups (broad SMARTS) is 1. The van der Waals surface area contributed by atoms with Crippen molar-refractivity contribution in [3.05, 3.63) is 142 Å². The van der Waals surface area contributed by atoms with E-state index in [0.717, 1.165) is 72.5 Å². The van der Waals surface area contributed by atoms with Crippen molar-refractivity contribution in [2.24, 2.45) is 0 Å². The van der Waals surface area contributed by atoms with Gasteiger partial charge in [0.1, 0.15) is 0 Å². The van der Waals surface area contributed by atoms with E-state index in [9.17, 15) is 14.7 Å². The van der Waals surface area contributed by atoms with E-state index < -0.39 is 5.97 Å². The van der Waals surface area contributed by atoms with E-state index in [1.807, 2.05) is 55.7 Å². The van der Waals surface area contributed by atoms with Crippen molar-refractivity contribution in [1.82, 2.24) is 19.9 Å². The zero-order valence-electron chi connectivity index (χ0n) is 25.4. The molecule has 8 rings (SSSR count). The highest BCUT2D eigenvalue weighted by Crippen LogP contribution is 2.37. The molecule has 0 spiro atoms. The monoisotopic (exact) mass is 604 g/mol. The van der Waals surface area contributed by atoms with E-state index in [1.54, 1.807) is 0 Å². The summed E-state index contributed by atoms with van der Waals surface area (Å²) in [5.41, 5.74) is 10.9. The predicted octanol–water partition coefficient (Wildman–Crippen LogP) is 9.02. The highest BCUT2D eigenvalue weighted by Gasteiger charge is 2.25. The topological polar surface area (TPSA) is 118 Å². The van der Waals surface area contributed by atoms with Crippen molar-refractivity contribution >= 4 is 55.9 Å². The lowest BCUT2D eigenvalue weighted by Gasteiger charge is -2.12. The molecule has 0 aliphatic heterocycles. The molecule has 4 heterocycles. The van der Waals surface area contributed by atoms with Gasteiger partial charge in [-0.2, -0.15) is 0 Å². The van der Waals surface area contributed by atoms with E-state index in [-0.39, 0.29) is 11.8 Å². The molecular formula is C39H32N4O3. The van der Waals surface area contributed by atoms with Gasteiger partial charge in [0.05, 0.1) is 5.56 Å². The summed E-state index contributed by atoms with van der Waals surface area (Å²) in [5, 5.41) is 14.0. The Labute approximate surface area is 264 Å². The average molecular weight is 605 g/mol. The lowest BCUT2D eigenvalue weighted by molar-refractivity contribution is 0.0697. The number of nitrogens with one attached hydrogen (secondary N) is 4. The fourth-order valence-electron chi connectivity index (χ4n) is 7.23. The van der Waals surface area contributed by atoms with Gasteiger partial charge in [0, 0.05) is 84.8 Å². The third-order valence-electron chi connectivity index (χ3n) is 9.61. The summed E-state index contributed by atoms with van der Waals surface area (Å²) in [5.74, 6) is -1.11. The number of carbonyl (C=O) groups is 2. The number of aromatic nitrogens is 4. The minimum Gasteiger partial charge on any atom is -0.478 e. The molecule has 7 nitrogen and oxygen atoms in total. The molecule has 0 amide bonds. The molecule has 7 heteroatoms. The molecule has 4 aromatic heterocycles. The Bertz CT molecular complexity index is 2450. The molecule has 0 bridgehead atoms. The summed E-state index contributed by atoms with van der Waals surface area (Å²) in [4.78, 5) is 38.5. The van der Waals surface area contributed by atoms with Crippen molar-refractivity contribution in [2.45, 2.75) is 32.1 Å². The molecular weight excluding hydrogens is 572 g/mol. The van der Waals surface area contributed by atoms with Crippen molar-refractivity contribution in [2.75, 3.05) is 0 Å². The number of carbonyl (C=O) groups excluding carboxylic acids is 1. The predicted molar refractivity (Wildman–Crippen MR) is 183 cm³/mol. The van der Waals surface area contributed by atoms with E-state index in [1.165, 1.54) is 0 Å². The second kappa shape index (κ2) is 10.7. The zero-order valence-corrected chi connectivity index (χ0v) is 25.4. The van der Waals surface area contributed by atoms with Crippen LogP contribution in [0.5, 0.6) is 0 Å². The number of para-hydroxylation sites is 2. The quantitative estimate of drug-likeness (QED) is 0.111. The molecule has 5 N–H and O–H groups in total. The van der Waals surface area contributed by atoms with Gasteiger partial charge in [-0.25, -0.2) is 4.79 Å². The van der Waals surface area contributed by atoms with Crippen LogP contribution in [0.3, 0.4) is 0 Å². The van der Waals surface area contributed by atoms with Gasteiger partial charge in [-0.05, 0) is 65.1 Å². The summed E-state index contributed by atoms with van der Waals surface area (Å²) in [6.07, 6.45) is 5.68. The molecule has 46 heavy (non-hydrogen) atoms. The largest absolute Gasteiger partial charge is 0.478 e. The minimum atomic E-state index is -0.936. The average Bonchev–Trinajstić information content (AvgIpc) is 3.85. The Balaban J connectivity index is 1.13. The van der Waals surface area contributed by atoms with Crippen LogP contribution in [-0.4, -0.2) is 37.3 Å². The molecule has 226 valence electrons. The van der Waals surface area contributed by atoms with Gasteiger partial charge in [-0.3, -0.25) is 4.79 Å². The first-order valence-corrected chi connectivity index (χ1v) is 15.5. The number of aldehydes is 1. The van der Waals surface area contributed by atoms with Gasteiger partial charge < -0.3 is 25.0 Å². The highest BCUT2D eigenvalue weighted by molar-refractivity contribution is 6.05. The van der Waals surface area contributed by atoms with Crippen LogP contribution in [0.15, 0.2) is 97.3 Å². The molecule has 0 saturated heterocycles. The van der Waals surface area contributed by atoms with Crippen LogP contribution in [-0.2, 0) is 6.42 Å². The summed E-state index contributed by atoms with van der Waals surface area (Å²) in [6, 6.07) is 28.4. The lowest BCUT2D eigenvalue weighted by atomic mass is 9.92. The molecule has 0 fully saturated rings. The van der Waals surface area contributed by atoms with Crippen LogP contribution in [0.1, 0.15) is 80.0 Å². The molecule has 0 radical (unpaired) electrons. The van der Waals surface area contributed by atoms with E-state index in [0.29, 0.717) is 28.6 Å². The third kappa shape index (κ3) is 4.35. The number of carboxylic acids is 1. The number of fused-ring (bicyclic) bond motifs is 4. The fraction of sp³-hybridized carbons (Fsp3) is 0.128. The fourth-order valence-corrected chi connectivity index (χ4v) is 7.23. The van der Waals surface area contributed by atoms with E-state index in [2.05, 4.69) is 75.4 Å². The SMILES string of the molecule is CC(c1[nH]c2ccc(Cc3ccc4[nH]cc(C(C)c5[nH]c6ccccc6c5C(=O)O)c4c3)cc2c1C=O)c1c[nH]c2ccccc12. The van der Waals surface area contributed by atoms with E-state index >= 15 is 0 Å². The molecule has 2 unspecified atom stereocenters. The van der Waals surface area contributed by atoms with Crippen LogP contribution in [0.2, 0.25) is 0 Å². The first-order valence-electron chi connectivity index (χ1n) is 15.5. The maximum absolute atomic E-state index is 12.5. The minimum absolute atomic E-state index is 0.00233. The lowest BCUT2D eigenvalue weighted by Crippen LogP contribution is -2.05. The number of hydrogen-bond donors (Lipinski definition) is 5. The Morgan fingerprint density at radius 3 is 1.93 bits per heavy atom. The second-order valence-corrected chi connectivity index (χ2v) is 12.2. The maximum atomic E-state index is 12.5. The van der Waals surface area contributed by atoms with Gasteiger partial charge in [0.25, 0.3) is 0 Å². The highest BCUT2D eigenvalue weighted by atomic mass is 16.4. The van der Waals surface area contributed by atoms with Crippen molar-refractivity contribution in [1.29, 1.82) is 0 Å². The number of rotatable bonds is 8. The number of hydrogen-bond acceptors (Lipinski definition) is 2. The first kappa shape index (κ1) is 27.7. The Hall–Kier alpha value is -5.82. The smallest absolute Gasteiger partial charge is 0.338 e. The molecule has 4 aromatic carbocycles. The molecule has 0 aliphatic carbocycles.